The van der Waals surface area contributed by atoms with Gasteiger partial charge in [-0.15, -0.1) is 0 Å². The fourth-order valence-electron chi connectivity index (χ4n) is 3.13. The van der Waals surface area contributed by atoms with E-state index in [4.69, 9.17) is 9.47 Å². The predicted molar refractivity (Wildman–Crippen MR) is 99.2 cm³/mol. The summed E-state index contributed by atoms with van der Waals surface area (Å²) >= 11 is 0. The van der Waals surface area contributed by atoms with Gasteiger partial charge in [0, 0.05) is 30.3 Å². The monoisotopic (exact) mass is 408 g/mol. The second-order valence-electron chi connectivity index (χ2n) is 6.49. The maximum Gasteiger partial charge on any atom is 0.416 e. The maximum atomic E-state index is 12.6. The number of hydrogen-bond donors (Lipinski definition) is 1. The lowest BCUT2D eigenvalue weighted by molar-refractivity contribution is -0.137. The minimum Gasteiger partial charge on any atom is -0.493 e. The molecule has 3 rings (SSSR count). The minimum absolute atomic E-state index is 0.0840. The quantitative estimate of drug-likeness (QED) is 0.825. The van der Waals surface area contributed by atoms with Crippen molar-refractivity contribution in [2.45, 2.75) is 18.6 Å². The van der Waals surface area contributed by atoms with Crippen molar-refractivity contribution >= 4 is 17.5 Å². The number of hydrogen-bond acceptors (Lipinski definition) is 4. The van der Waals surface area contributed by atoms with Crippen LogP contribution in [0.1, 0.15) is 22.3 Å². The van der Waals surface area contributed by atoms with E-state index in [-0.39, 0.29) is 24.4 Å². The van der Waals surface area contributed by atoms with Crippen LogP contribution in [-0.2, 0) is 11.0 Å². The van der Waals surface area contributed by atoms with E-state index in [1.54, 1.807) is 18.2 Å². The Morgan fingerprint density at radius 3 is 2.31 bits per heavy atom. The summed E-state index contributed by atoms with van der Waals surface area (Å²) in [7, 11) is 2.99. The van der Waals surface area contributed by atoms with Crippen molar-refractivity contribution in [1.82, 2.24) is 5.32 Å². The summed E-state index contributed by atoms with van der Waals surface area (Å²) in [5.41, 5.74) is -0.140. The average Bonchev–Trinajstić information content (AvgIpc) is 3.06. The van der Waals surface area contributed by atoms with Gasteiger partial charge in [0.05, 0.1) is 25.8 Å². The Labute approximate surface area is 165 Å². The molecule has 154 valence electrons. The first-order valence-corrected chi connectivity index (χ1v) is 8.73. The summed E-state index contributed by atoms with van der Waals surface area (Å²) in [6, 6.07) is 8.51. The molecule has 29 heavy (non-hydrogen) atoms. The molecule has 2 aromatic rings. The van der Waals surface area contributed by atoms with Gasteiger partial charge in [-0.05, 0) is 36.4 Å². The summed E-state index contributed by atoms with van der Waals surface area (Å²) in [5.74, 6) is 0.269. The summed E-state index contributed by atoms with van der Waals surface area (Å²) < 4.78 is 48.3. The lowest BCUT2D eigenvalue weighted by Gasteiger charge is -2.19. The molecule has 1 heterocycles. The van der Waals surface area contributed by atoms with Crippen LogP contribution in [-0.4, -0.2) is 38.6 Å². The van der Waals surface area contributed by atoms with Crippen LogP contribution < -0.4 is 19.7 Å². The van der Waals surface area contributed by atoms with Crippen LogP contribution in [0.15, 0.2) is 42.5 Å². The van der Waals surface area contributed by atoms with E-state index < -0.39 is 23.7 Å². The van der Waals surface area contributed by atoms with Crippen LogP contribution in [0.25, 0.3) is 0 Å². The molecule has 0 radical (unpaired) electrons. The van der Waals surface area contributed by atoms with Crippen molar-refractivity contribution in [2.24, 2.45) is 0 Å². The van der Waals surface area contributed by atoms with Crippen molar-refractivity contribution < 1.29 is 32.2 Å². The molecule has 1 aliphatic rings. The van der Waals surface area contributed by atoms with E-state index in [1.807, 2.05) is 0 Å². The zero-order valence-electron chi connectivity index (χ0n) is 15.7. The first-order chi connectivity index (χ1) is 13.7. The summed E-state index contributed by atoms with van der Waals surface area (Å²) in [5, 5.41) is 2.70. The Balaban J connectivity index is 1.68. The highest BCUT2D eigenvalue weighted by molar-refractivity contribution is 5.99. The number of rotatable bonds is 5. The summed E-state index contributed by atoms with van der Waals surface area (Å²) in [4.78, 5) is 26.2. The molecule has 1 fully saturated rings. The van der Waals surface area contributed by atoms with Gasteiger partial charge in [0.15, 0.2) is 11.5 Å². The Morgan fingerprint density at radius 2 is 1.72 bits per heavy atom. The number of halogens is 3. The third-order valence-corrected chi connectivity index (χ3v) is 4.61. The van der Waals surface area contributed by atoms with Gasteiger partial charge in [-0.2, -0.15) is 13.2 Å². The van der Waals surface area contributed by atoms with Gasteiger partial charge < -0.3 is 19.7 Å². The number of alkyl halides is 3. The van der Waals surface area contributed by atoms with E-state index >= 15 is 0 Å². The molecule has 1 N–H and O–H groups in total. The molecule has 0 spiro atoms. The molecule has 1 aliphatic heterocycles. The largest absolute Gasteiger partial charge is 0.493 e. The molecule has 0 bridgehead atoms. The zero-order valence-corrected chi connectivity index (χ0v) is 15.7. The SMILES string of the molecule is COc1ccc(N2CC(NC(=O)c3ccc(C(F)(F)F)cc3)CC2=O)cc1OC. The Hall–Kier alpha value is -3.23. The van der Waals surface area contributed by atoms with Crippen molar-refractivity contribution in [2.75, 3.05) is 25.7 Å². The minimum atomic E-state index is -4.47. The highest BCUT2D eigenvalue weighted by Gasteiger charge is 2.33. The van der Waals surface area contributed by atoms with Crippen LogP contribution >= 0.6 is 0 Å². The van der Waals surface area contributed by atoms with Gasteiger partial charge >= 0.3 is 6.18 Å². The number of carbonyl (C=O) groups is 2. The van der Waals surface area contributed by atoms with Gasteiger partial charge in [0.2, 0.25) is 5.91 Å². The van der Waals surface area contributed by atoms with Crippen LogP contribution in [0.3, 0.4) is 0 Å². The smallest absolute Gasteiger partial charge is 0.416 e. The number of amides is 2. The maximum absolute atomic E-state index is 12.6. The number of nitrogens with one attached hydrogen (secondary N) is 1. The third-order valence-electron chi connectivity index (χ3n) is 4.61. The highest BCUT2D eigenvalue weighted by Crippen LogP contribution is 2.33. The second-order valence-corrected chi connectivity index (χ2v) is 6.49. The van der Waals surface area contributed by atoms with Crippen molar-refractivity contribution in [1.29, 1.82) is 0 Å². The lowest BCUT2D eigenvalue weighted by atomic mass is 10.1. The molecule has 0 aromatic heterocycles. The normalized spacial score (nSPS) is 16.7. The van der Waals surface area contributed by atoms with Crippen molar-refractivity contribution in [3.63, 3.8) is 0 Å². The molecule has 0 saturated carbocycles. The molecular weight excluding hydrogens is 389 g/mol. The zero-order chi connectivity index (χ0) is 21.2. The Kier molecular flexibility index (Phi) is 5.67. The van der Waals surface area contributed by atoms with E-state index in [2.05, 4.69) is 5.32 Å². The van der Waals surface area contributed by atoms with Crippen LogP contribution in [0.4, 0.5) is 18.9 Å². The van der Waals surface area contributed by atoms with Gasteiger partial charge in [-0.3, -0.25) is 9.59 Å². The first-order valence-electron chi connectivity index (χ1n) is 8.73. The molecule has 0 aliphatic carbocycles. The topological polar surface area (TPSA) is 67.9 Å². The molecule has 1 atom stereocenters. The standard InChI is InChI=1S/C20H19F3N2O4/c1-28-16-8-7-15(10-17(16)29-2)25-11-14(9-18(25)26)24-19(27)12-3-5-13(6-4-12)20(21,22)23/h3-8,10,14H,9,11H2,1-2H3,(H,24,27). The predicted octanol–water partition coefficient (Wildman–Crippen LogP) is 3.26. The molecule has 1 unspecified atom stereocenters. The third kappa shape index (κ3) is 4.44. The van der Waals surface area contributed by atoms with E-state index in [0.29, 0.717) is 17.2 Å². The summed E-state index contributed by atoms with van der Waals surface area (Å²) in [6.45, 7) is 0.237. The van der Waals surface area contributed by atoms with Crippen LogP contribution in [0, 0.1) is 0 Å². The fraction of sp³-hybridized carbons (Fsp3) is 0.300. The number of ether oxygens (including phenoxy) is 2. The number of nitrogens with zero attached hydrogens (tertiary/aromatic N) is 1. The Morgan fingerprint density at radius 1 is 1.07 bits per heavy atom. The molecule has 9 heteroatoms. The number of carbonyl (C=O) groups excluding carboxylic acids is 2. The van der Waals surface area contributed by atoms with E-state index in [0.717, 1.165) is 24.3 Å². The number of methoxy groups -OCH3 is 2. The summed E-state index contributed by atoms with van der Waals surface area (Å²) in [6.07, 6.45) is -4.38. The molecule has 6 nitrogen and oxygen atoms in total. The second kappa shape index (κ2) is 8.02. The first kappa shape index (κ1) is 20.5. The molecule has 2 amide bonds. The fourth-order valence-corrected chi connectivity index (χ4v) is 3.13. The highest BCUT2D eigenvalue weighted by atomic mass is 19.4. The number of benzene rings is 2. The van der Waals surface area contributed by atoms with Gasteiger partial charge in [-0.25, -0.2) is 0 Å². The van der Waals surface area contributed by atoms with Crippen molar-refractivity contribution in [3.8, 4) is 11.5 Å². The van der Waals surface area contributed by atoms with Crippen molar-refractivity contribution in [3.05, 3.63) is 53.6 Å². The van der Waals surface area contributed by atoms with Crippen LogP contribution in [0.2, 0.25) is 0 Å². The van der Waals surface area contributed by atoms with Crippen LogP contribution in [0.5, 0.6) is 11.5 Å². The molecule has 2 aromatic carbocycles. The average molecular weight is 408 g/mol. The number of anilines is 1. The Bertz CT molecular complexity index is 913. The van der Waals surface area contributed by atoms with E-state index in [9.17, 15) is 22.8 Å². The van der Waals surface area contributed by atoms with Gasteiger partial charge in [-0.1, -0.05) is 0 Å². The van der Waals surface area contributed by atoms with Gasteiger partial charge in [0.1, 0.15) is 0 Å². The lowest BCUT2D eigenvalue weighted by Crippen LogP contribution is -2.37. The van der Waals surface area contributed by atoms with Gasteiger partial charge in [0.25, 0.3) is 5.91 Å². The molecular formula is C20H19F3N2O4. The van der Waals surface area contributed by atoms with E-state index in [1.165, 1.54) is 19.1 Å². The molecule has 1 saturated heterocycles.